The average Bonchev–Trinajstić information content (AvgIpc) is 3.45. The molecule has 0 atom stereocenters. The van der Waals surface area contributed by atoms with Crippen molar-refractivity contribution in [3.05, 3.63) is 70.8 Å². The molecule has 2 aromatic carbocycles. The Labute approximate surface area is 180 Å². The number of hydrogen-bond donors (Lipinski definition) is 0. The highest BCUT2D eigenvalue weighted by molar-refractivity contribution is 5.62. The van der Waals surface area contributed by atoms with E-state index < -0.39 is 17.4 Å². The molecule has 2 saturated carbocycles. The number of ether oxygens (including phenoxy) is 2. The predicted octanol–water partition coefficient (Wildman–Crippen LogP) is 7.20. The third kappa shape index (κ3) is 4.12. The molecule has 0 radical (unpaired) electrons. The lowest BCUT2D eigenvalue weighted by atomic mass is 9.90. The van der Waals surface area contributed by atoms with Crippen LogP contribution in [-0.4, -0.2) is 6.16 Å². The maximum absolute atomic E-state index is 13.1. The van der Waals surface area contributed by atoms with E-state index in [1.807, 2.05) is 0 Å². The first-order chi connectivity index (χ1) is 14.6. The first-order valence-electron chi connectivity index (χ1n) is 11.7. The SMILES string of the molecule is CCc1ccc(C2(OC(=O)OC3(c4ccc(CC)cc4)CCCC3)CCCC2)cc1. The van der Waals surface area contributed by atoms with Crippen LogP contribution in [0.5, 0.6) is 0 Å². The van der Waals surface area contributed by atoms with Crippen LogP contribution in [0.15, 0.2) is 48.5 Å². The topological polar surface area (TPSA) is 35.5 Å². The summed E-state index contributed by atoms with van der Waals surface area (Å²) < 4.78 is 12.3. The van der Waals surface area contributed by atoms with Crippen LogP contribution < -0.4 is 0 Å². The van der Waals surface area contributed by atoms with Crippen LogP contribution in [0.3, 0.4) is 0 Å². The van der Waals surface area contributed by atoms with Crippen molar-refractivity contribution in [2.75, 3.05) is 0 Å². The summed E-state index contributed by atoms with van der Waals surface area (Å²) in [6.45, 7) is 4.31. The summed E-state index contributed by atoms with van der Waals surface area (Å²) in [5.74, 6) is 0. The molecule has 0 N–H and O–H groups in total. The van der Waals surface area contributed by atoms with Gasteiger partial charge in [-0.15, -0.1) is 0 Å². The molecule has 0 spiro atoms. The molecule has 30 heavy (non-hydrogen) atoms. The van der Waals surface area contributed by atoms with E-state index in [-0.39, 0.29) is 0 Å². The van der Waals surface area contributed by atoms with Crippen LogP contribution in [0.1, 0.15) is 87.5 Å². The standard InChI is InChI=1S/C27H34O3/c1-3-21-9-13-23(14-10-21)26(17-5-6-18-26)29-25(28)30-27(19-7-8-20-27)24-15-11-22(4-2)12-16-24/h9-16H,3-8,17-20H2,1-2H3. The Morgan fingerprint density at radius 1 is 0.667 bits per heavy atom. The number of hydrogen-bond acceptors (Lipinski definition) is 3. The minimum atomic E-state index is -0.546. The highest BCUT2D eigenvalue weighted by Crippen LogP contribution is 2.46. The summed E-state index contributed by atoms with van der Waals surface area (Å²) in [6, 6.07) is 17.1. The lowest BCUT2D eigenvalue weighted by molar-refractivity contribution is -0.0836. The van der Waals surface area contributed by atoms with E-state index in [0.717, 1.165) is 75.3 Å². The van der Waals surface area contributed by atoms with Crippen molar-refractivity contribution in [1.29, 1.82) is 0 Å². The van der Waals surface area contributed by atoms with Crippen LogP contribution in [-0.2, 0) is 33.5 Å². The van der Waals surface area contributed by atoms with Gasteiger partial charge in [0.25, 0.3) is 0 Å². The number of benzene rings is 2. The molecule has 4 rings (SSSR count). The molecule has 0 aliphatic heterocycles. The Balaban J connectivity index is 1.54. The van der Waals surface area contributed by atoms with Crippen molar-refractivity contribution < 1.29 is 14.3 Å². The number of rotatable bonds is 6. The van der Waals surface area contributed by atoms with Gasteiger partial charge in [0.1, 0.15) is 11.2 Å². The first kappa shape index (κ1) is 21.0. The molecule has 2 aliphatic carbocycles. The van der Waals surface area contributed by atoms with E-state index in [1.54, 1.807) is 0 Å². The van der Waals surface area contributed by atoms with Gasteiger partial charge in [0.2, 0.25) is 0 Å². The quantitative estimate of drug-likeness (QED) is 0.476. The van der Waals surface area contributed by atoms with Gasteiger partial charge in [-0.3, -0.25) is 0 Å². The minimum Gasteiger partial charge on any atom is -0.423 e. The zero-order valence-electron chi connectivity index (χ0n) is 18.4. The van der Waals surface area contributed by atoms with Gasteiger partial charge in [-0.05, 0) is 86.5 Å². The van der Waals surface area contributed by atoms with Crippen molar-refractivity contribution in [2.45, 2.75) is 89.3 Å². The minimum absolute atomic E-state index is 0.516. The third-order valence-electron chi connectivity index (χ3n) is 7.16. The Morgan fingerprint density at radius 3 is 1.30 bits per heavy atom. The number of aryl methyl sites for hydroxylation is 2. The maximum Gasteiger partial charge on any atom is 0.510 e. The highest BCUT2D eigenvalue weighted by Gasteiger charge is 2.44. The second-order valence-corrected chi connectivity index (χ2v) is 8.96. The van der Waals surface area contributed by atoms with Gasteiger partial charge in [0.05, 0.1) is 0 Å². The molecule has 3 heteroatoms. The Bertz CT molecular complexity index is 767. The Kier molecular flexibility index (Phi) is 6.17. The van der Waals surface area contributed by atoms with Gasteiger partial charge in [-0.25, -0.2) is 4.79 Å². The third-order valence-corrected chi connectivity index (χ3v) is 7.16. The molecule has 0 bridgehead atoms. The van der Waals surface area contributed by atoms with Crippen LogP contribution >= 0.6 is 0 Å². The number of carbonyl (C=O) groups is 1. The Morgan fingerprint density at radius 2 is 1.00 bits per heavy atom. The second kappa shape index (κ2) is 8.83. The van der Waals surface area contributed by atoms with E-state index in [9.17, 15) is 4.79 Å². The predicted molar refractivity (Wildman–Crippen MR) is 119 cm³/mol. The lowest BCUT2D eigenvalue weighted by Gasteiger charge is -2.34. The fourth-order valence-corrected chi connectivity index (χ4v) is 5.22. The summed E-state index contributed by atoms with van der Waals surface area (Å²) in [6.07, 6.45) is 9.27. The van der Waals surface area contributed by atoms with Crippen LogP contribution in [0.4, 0.5) is 4.79 Å². The fourth-order valence-electron chi connectivity index (χ4n) is 5.22. The maximum atomic E-state index is 13.1. The fraction of sp³-hybridized carbons (Fsp3) is 0.519. The monoisotopic (exact) mass is 406 g/mol. The van der Waals surface area contributed by atoms with Gasteiger partial charge in [-0.2, -0.15) is 0 Å². The largest absolute Gasteiger partial charge is 0.510 e. The van der Waals surface area contributed by atoms with Gasteiger partial charge in [0, 0.05) is 0 Å². The van der Waals surface area contributed by atoms with E-state index in [1.165, 1.54) is 11.1 Å². The normalized spacial score (nSPS) is 19.5. The molecule has 0 heterocycles. The van der Waals surface area contributed by atoms with Crippen molar-refractivity contribution in [2.24, 2.45) is 0 Å². The average molecular weight is 407 g/mol. The molecule has 0 amide bonds. The van der Waals surface area contributed by atoms with Crippen LogP contribution in [0.2, 0.25) is 0 Å². The molecule has 0 unspecified atom stereocenters. The molecular formula is C27H34O3. The summed E-state index contributed by atoms with van der Waals surface area (Å²) in [5.41, 5.74) is 3.71. The van der Waals surface area contributed by atoms with E-state index in [2.05, 4.69) is 62.4 Å². The number of carbonyl (C=O) groups excluding carboxylic acids is 1. The molecule has 3 nitrogen and oxygen atoms in total. The molecular weight excluding hydrogens is 372 g/mol. The van der Waals surface area contributed by atoms with Gasteiger partial charge < -0.3 is 9.47 Å². The summed E-state index contributed by atoms with van der Waals surface area (Å²) in [4.78, 5) is 13.1. The zero-order valence-corrected chi connectivity index (χ0v) is 18.4. The van der Waals surface area contributed by atoms with Crippen molar-refractivity contribution >= 4 is 6.16 Å². The molecule has 2 fully saturated rings. The second-order valence-electron chi connectivity index (χ2n) is 8.96. The molecule has 2 aromatic rings. The first-order valence-corrected chi connectivity index (χ1v) is 11.7. The lowest BCUT2D eigenvalue weighted by Crippen LogP contribution is -2.35. The van der Waals surface area contributed by atoms with E-state index >= 15 is 0 Å². The smallest absolute Gasteiger partial charge is 0.423 e. The summed E-state index contributed by atoms with van der Waals surface area (Å²) in [5, 5.41) is 0. The summed E-state index contributed by atoms with van der Waals surface area (Å²) in [7, 11) is 0. The van der Waals surface area contributed by atoms with Crippen molar-refractivity contribution in [1.82, 2.24) is 0 Å². The van der Waals surface area contributed by atoms with Crippen molar-refractivity contribution in [3.8, 4) is 0 Å². The summed E-state index contributed by atoms with van der Waals surface area (Å²) >= 11 is 0. The van der Waals surface area contributed by atoms with Crippen molar-refractivity contribution in [3.63, 3.8) is 0 Å². The van der Waals surface area contributed by atoms with Gasteiger partial charge in [-0.1, -0.05) is 62.4 Å². The van der Waals surface area contributed by atoms with E-state index in [0.29, 0.717) is 0 Å². The molecule has 0 saturated heterocycles. The molecule has 2 aliphatic rings. The molecule has 0 aromatic heterocycles. The molecule has 160 valence electrons. The van der Waals surface area contributed by atoms with Crippen LogP contribution in [0, 0.1) is 0 Å². The van der Waals surface area contributed by atoms with Crippen LogP contribution in [0.25, 0.3) is 0 Å². The zero-order chi connectivity index (χ0) is 21.0. The van der Waals surface area contributed by atoms with Gasteiger partial charge in [0.15, 0.2) is 0 Å². The highest BCUT2D eigenvalue weighted by atomic mass is 16.7. The van der Waals surface area contributed by atoms with E-state index in [4.69, 9.17) is 9.47 Å². The van der Waals surface area contributed by atoms with Gasteiger partial charge >= 0.3 is 6.16 Å². The Hall–Kier alpha value is -2.29.